The van der Waals surface area contributed by atoms with Crippen molar-refractivity contribution in [1.82, 2.24) is 28.2 Å². The molecule has 4 aliphatic carbocycles. The maximum absolute atomic E-state index is 5.09. The Morgan fingerprint density at radius 3 is 0.782 bits per heavy atom. The van der Waals surface area contributed by atoms with Gasteiger partial charge in [-0.05, 0) is 238 Å². The van der Waals surface area contributed by atoms with Crippen molar-refractivity contribution in [3.63, 3.8) is 0 Å². The summed E-state index contributed by atoms with van der Waals surface area (Å²) >= 11 is 0. The molecule has 0 saturated carbocycles. The summed E-state index contributed by atoms with van der Waals surface area (Å²) in [5.74, 6) is 2.05. The van der Waals surface area contributed by atoms with Crippen molar-refractivity contribution < 1.29 is 0 Å². The maximum Gasteiger partial charge on any atom is 0.164 e. The molecule has 0 amide bonds. The van der Waals surface area contributed by atoms with E-state index in [1.165, 1.54) is 291 Å². The summed E-state index contributed by atoms with van der Waals surface area (Å²) < 4.78 is 7.44. The van der Waals surface area contributed by atoms with Crippen LogP contribution in [0.25, 0.3) is 281 Å². The lowest BCUT2D eigenvalue weighted by Crippen LogP contribution is -2.14. The molecule has 4 aliphatic rings. The smallest absolute Gasteiger partial charge is 0.164 e. The summed E-state index contributed by atoms with van der Waals surface area (Å²) in [6, 6.07) is 170. The van der Waals surface area contributed by atoms with E-state index in [0.29, 0.717) is 17.5 Å². The number of para-hydroxylation sites is 6. The standard InChI is InChI=1S/C49H29N.C46H28N4.C46H31N/c1-2-12-35-33(10-1)34-11-3-4-13-36(34)44-26-29(22-24-39(35)44)31-15-7-17-37-38-18-8-16-32(46(38)28-45(31)37)30-23-25-41-43-20-9-19-42-40-14-5-6-21-47(40)50(49(42)43)48(41)27-30;1-3-12-28(13-4-1)44-47-45(29-14-5-2-6-15-29)49-46(48-44)38-22-10-19-33-32-18-9-17-31(39(32)27-40(33)38)30-24-25-35-37-21-11-20-36-34-16-7-8-23-41(34)50(43(36)37)42(35)26-30;1-46(2)41-18-5-3-10-33(41)34-22-20-27(24-42(34)46)29-12-7-14-31-32-15-8-13-30(40(32)26-39(29)31)28-21-23-36-38-17-9-16-37-35-11-4-6-19-43(35)47(45(37)38)44(36)25-28/h1-27H,28H2;1-26H,27H2;3-25H,26H2,1-2H3. The van der Waals surface area contributed by atoms with Gasteiger partial charge in [-0.15, -0.1) is 0 Å². The molecular formula is C141H88N6. The average Bonchev–Trinajstić information content (AvgIpc) is 1.55. The van der Waals surface area contributed by atoms with E-state index in [1.54, 1.807) is 0 Å². The van der Waals surface area contributed by atoms with Gasteiger partial charge in [0.1, 0.15) is 0 Å². The molecule has 0 radical (unpaired) electrons. The van der Waals surface area contributed by atoms with E-state index in [4.69, 9.17) is 15.0 Å². The van der Waals surface area contributed by atoms with Crippen molar-refractivity contribution in [3.05, 3.63) is 506 Å². The van der Waals surface area contributed by atoms with Crippen LogP contribution in [0.2, 0.25) is 0 Å². The third-order valence-corrected chi connectivity index (χ3v) is 33.5. The van der Waals surface area contributed by atoms with Gasteiger partial charge in [0, 0.05) is 93.2 Å². The van der Waals surface area contributed by atoms with Crippen LogP contribution < -0.4 is 0 Å². The second kappa shape index (κ2) is 31.1. The van der Waals surface area contributed by atoms with E-state index in [1.807, 2.05) is 36.4 Å². The number of rotatable bonds is 8. The van der Waals surface area contributed by atoms with E-state index in [2.05, 4.69) is 452 Å². The highest BCUT2D eigenvalue weighted by atomic mass is 15.0. The summed E-state index contributed by atoms with van der Waals surface area (Å²) in [7, 11) is 0. The predicted molar refractivity (Wildman–Crippen MR) is 615 cm³/mol. The number of nitrogens with zero attached hydrogens (tertiary/aromatic N) is 6. The quantitative estimate of drug-likeness (QED) is 0.143. The number of benzene rings is 23. The third kappa shape index (κ3) is 11.9. The second-order valence-electron chi connectivity index (χ2n) is 41.2. The van der Waals surface area contributed by atoms with Gasteiger partial charge in [0.2, 0.25) is 0 Å². The molecule has 0 aliphatic heterocycles. The van der Waals surface area contributed by atoms with Crippen LogP contribution in [0.4, 0.5) is 0 Å². The van der Waals surface area contributed by atoms with Gasteiger partial charge in [-0.25, -0.2) is 15.0 Å². The molecule has 23 aromatic carbocycles. The first-order valence-electron chi connectivity index (χ1n) is 51.4. The molecule has 0 unspecified atom stereocenters. The minimum atomic E-state index is -0.0140. The van der Waals surface area contributed by atoms with Crippen LogP contribution in [-0.2, 0) is 24.7 Å². The number of aromatic nitrogens is 6. The Kier molecular flexibility index (Phi) is 17.3. The van der Waals surface area contributed by atoms with E-state index < -0.39 is 0 Å². The van der Waals surface area contributed by atoms with Gasteiger partial charge >= 0.3 is 0 Å². The molecule has 0 bridgehead atoms. The highest BCUT2D eigenvalue weighted by Gasteiger charge is 2.38. The van der Waals surface area contributed by atoms with Gasteiger partial charge < -0.3 is 13.2 Å². The van der Waals surface area contributed by atoms with Crippen LogP contribution >= 0.6 is 0 Å². The first kappa shape index (κ1) is 81.9. The van der Waals surface area contributed by atoms with Gasteiger partial charge in [-0.2, -0.15) is 0 Å². The van der Waals surface area contributed by atoms with Crippen LogP contribution in [0, 0.1) is 0 Å². The fourth-order valence-corrected chi connectivity index (χ4v) is 26.9. The van der Waals surface area contributed by atoms with Gasteiger partial charge in [0.05, 0.1) is 49.7 Å². The zero-order chi connectivity index (χ0) is 96.3. The zero-order valence-electron chi connectivity index (χ0n) is 80.7. The SMILES string of the molecule is CC1(C)c2ccccc2-c2ccc(-c3cccc4c3Cc3c(-c5ccc6c7cccc8c9ccccc9n(c6c5)c87)cccc3-4)cc21.c1cc(-c2ccc3c4ccccc4c4ccccc4c3c2)c2c(c1)-c1cccc(-c3ccc4c5cccc6c7ccccc7n(c4c3)c65)c1C2.c1ccc(-c2nc(-c3ccccc3)nc(-c3cccc4c3Cc3c(-c5ccc6c7cccc8c9ccccc9n(c6c5)c87)cccc3-4)n2)cc1. The largest absolute Gasteiger partial charge is 0.308 e. The lowest BCUT2D eigenvalue weighted by Gasteiger charge is -2.22. The molecule has 0 N–H and O–H groups in total. The van der Waals surface area contributed by atoms with Gasteiger partial charge in [-0.1, -0.05) is 426 Å². The van der Waals surface area contributed by atoms with Crippen LogP contribution in [0.1, 0.15) is 58.4 Å². The van der Waals surface area contributed by atoms with Crippen molar-refractivity contribution in [2.24, 2.45) is 0 Å². The van der Waals surface area contributed by atoms with Crippen molar-refractivity contribution in [1.29, 1.82) is 0 Å². The molecule has 34 rings (SSSR count). The third-order valence-electron chi connectivity index (χ3n) is 33.5. The van der Waals surface area contributed by atoms with Crippen molar-refractivity contribution in [2.75, 3.05) is 0 Å². The minimum Gasteiger partial charge on any atom is -0.308 e. The summed E-state index contributed by atoms with van der Waals surface area (Å²) in [6.07, 6.45) is 2.66. The predicted octanol–water partition coefficient (Wildman–Crippen LogP) is 36.5. The van der Waals surface area contributed by atoms with Gasteiger partial charge in [-0.3, -0.25) is 0 Å². The van der Waals surface area contributed by atoms with Crippen molar-refractivity contribution in [2.45, 2.75) is 38.5 Å². The molecule has 0 spiro atoms. The summed E-state index contributed by atoms with van der Waals surface area (Å²) in [5.41, 5.74) is 49.4. The molecular weight excluding hydrogens is 1780 g/mol. The molecule has 7 aromatic heterocycles. The average molecular weight is 1870 g/mol. The fourth-order valence-electron chi connectivity index (χ4n) is 26.9. The highest BCUT2D eigenvalue weighted by molar-refractivity contribution is 6.29. The van der Waals surface area contributed by atoms with E-state index >= 15 is 0 Å². The summed E-state index contributed by atoms with van der Waals surface area (Å²) in [4.78, 5) is 15.1. The second-order valence-corrected chi connectivity index (χ2v) is 41.2. The Hall–Kier alpha value is -18.8. The molecule has 682 valence electrons. The molecule has 0 atom stereocenters. The normalized spacial score (nSPS) is 13.1. The summed E-state index contributed by atoms with van der Waals surface area (Å²) in [6.45, 7) is 4.74. The Morgan fingerprint density at radius 1 is 0.156 bits per heavy atom. The van der Waals surface area contributed by atoms with Gasteiger partial charge in [0.15, 0.2) is 17.5 Å². The topological polar surface area (TPSA) is 51.9 Å². The monoisotopic (exact) mass is 1860 g/mol. The van der Waals surface area contributed by atoms with Crippen LogP contribution in [0.15, 0.2) is 461 Å². The van der Waals surface area contributed by atoms with Crippen molar-refractivity contribution >= 4 is 147 Å². The molecule has 30 aromatic rings. The van der Waals surface area contributed by atoms with Crippen molar-refractivity contribution in [3.8, 4) is 134 Å². The molecule has 147 heavy (non-hydrogen) atoms. The first-order valence-corrected chi connectivity index (χ1v) is 51.4. The molecule has 6 nitrogen and oxygen atoms in total. The Bertz CT molecular complexity index is 10800. The van der Waals surface area contributed by atoms with E-state index in [9.17, 15) is 0 Å². The van der Waals surface area contributed by atoms with Gasteiger partial charge in [0.25, 0.3) is 0 Å². The van der Waals surface area contributed by atoms with E-state index in [0.717, 1.165) is 36.0 Å². The Morgan fingerprint density at radius 2 is 0.401 bits per heavy atom. The lowest BCUT2D eigenvalue weighted by atomic mass is 9.81. The van der Waals surface area contributed by atoms with E-state index in [-0.39, 0.29) is 5.41 Å². The number of hydrogen-bond acceptors (Lipinski definition) is 3. The molecule has 7 heterocycles. The van der Waals surface area contributed by atoms with Crippen LogP contribution in [0.5, 0.6) is 0 Å². The fraction of sp³-hybridized carbons (Fsp3) is 0.0426. The number of fused-ring (bicyclic) bond motifs is 36. The molecule has 6 heteroatoms. The zero-order valence-corrected chi connectivity index (χ0v) is 80.7. The van der Waals surface area contributed by atoms with Crippen LogP contribution in [-0.4, -0.2) is 28.2 Å². The maximum atomic E-state index is 5.09. The highest BCUT2D eigenvalue weighted by Crippen LogP contribution is 2.56. The minimum absolute atomic E-state index is 0.0140. The Labute approximate surface area is 847 Å². The summed E-state index contributed by atoms with van der Waals surface area (Å²) in [5, 5.41) is 23.7. The molecule has 0 saturated heterocycles. The lowest BCUT2D eigenvalue weighted by molar-refractivity contribution is 0.660. The van der Waals surface area contributed by atoms with Crippen LogP contribution in [0.3, 0.4) is 0 Å². The Balaban J connectivity index is 0.0000000980. The molecule has 0 fully saturated rings. The first-order chi connectivity index (χ1) is 72.7. The number of hydrogen-bond donors (Lipinski definition) is 0.